The third-order valence-electron chi connectivity index (χ3n) is 3.41. The Labute approximate surface area is 120 Å². The number of aryl methyl sites for hydroxylation is 1. The van der Waals surface area contributed by atoms with Crippen LogP contribution in [-0.4, -0.2) is 20.8 Å². The van der Waals surface area contributed by atoms with Gasteiger partial charge in [-0.15, -0.1) is 0 Å². The molecule has 2 N–H and O–H groups in total. The van der Waals surface area contributed by atoms with Gasteiger partial charge in [-0.2, -0.15) is 0 Å². The fourth-order valence-corrected chi connectivity index (χ4v) is 2.41. The molecule has 0 amide bonds. The van der Waals surface area contributed by atoms with E-state index in [1.807, 2.05) is 18.2 Å². The van der Waals surface area contributed by atoms with E-state index in [9.17, 15) is 0 Å². The molecule has 0 saturated heterocycles. The maximum absolute atomic E-state index is 5.67. The Hall–Kier alpha value is -2.00. The van der Waals surface area contributed by atoms with Crippen LogP contribution in [0.5, 0.6) is 11.5 Å². The Bertz CT molecular complexity index is 594. The van der Waals surface area contributed by atoms with Crippen molar-refractivity contribution in [1.29, 1.82) is 0 Å². The van der Waals surface area contributed by atoms with Crippen LogP contribution in [0.3, 0.4) is 0 Å². The first-order valence-electron chi connectivity index (χ1n) is 6.72. The number of methoxy groups -OCH3 is 2. The second-order valence-corrected chi connectivity index (χ2v) is 4.73. The van der Waals surface area contributed by atoms with Gasteiger partial charge >= 0.3 is 0 Å². The van der Waals surface area contributed by atoms with E-state index in [2.05, 4.69) is 25.1 Å². The second-order valence-electron chi connectivity index (χ2n) is 4.73. The maximum Gasteiger partial charge on any atom is 0.168 e. The minimum absolute atomic E-state index is 0.614. The van der Waals surface area contributed by atoms with Crippen molar-refractivity contribution in [2.75, 3.05) is 20.8 Å². The number of rotatable bonds is 5. The zero-order valence-electron chi connectivity index (χ0n) is 12.3. The van der Waals surface area contributed by atoms with Crippen LogP contribution in [0.25, 0.3) is 11.1 Å². The highest BCUT2D eigenvalue weighted by molar-refractivity contribution is 5.77. The van der Waals surface area contributed by atoms with Crippen molar-refractivity contribution in [3.8, 4) is 22.6 Å². The molecule has 2 rings (SSSR count). The maximum atomic E-state index is 5.67. The summed E-state index contributed by atoms with van der Waals surface area (Å²) >= 11 is 0. The van der Waals surface area contributed by atoms with Crippen LogP contribution >= 0.6 is 0 Å². The van der Waals surface area contributed by atoms with Crippen LogP contribution in [0.4, 0.5) is 0 Å². The molecule has 0 spiro atoms. The number of hydrogen-bond acceptors (Lipinski definition) is 3. The summed E-state index contributed by atoms with van der Waals surface area (Å²) in [5.41, 5.74) is 10.2. The topological polar surface area (TPSA) is 44.5 Å². The average Bonchev–Trinajstić information content (AvgIpc) is 2.47. The predicted octanol–water partition coefficient (Wildman–Crippen LogP) is 3.18. The molecule has 0 atom stereocenters. The number of ether oxygens (including phenoxy) is 2. The average molecular weight is 271 g/mol. The third-order valence-corrected chi connectivity index (χ3v) is 3.41. The first kappa shape index (κ1) is 14.4. The molecule has 0 aliphatic carbocycles. The van der Waals surface area contributed by atoms with Crippen molar-refractivity contribution in [3.63, 3.8) is 0 Å². The molecule has 106 valence electrons. The molecule has 0 bridgehead atoms. The Balaban J connectivity index is 2.66. The Morgan fingerprint density at radius 2 is 1.75 bits per heavy atom. The third kappa shape index (κ3) is 2.78. The SMILES string of the molecule is COc1cc(CCN)cc(-c2ccccc2C)c1OC. The largest absolute Gasteiger partial charge is 0.493 e. The summed E-state index contributed by atoms with van der Waals surface area (Å²) in [4.78, 5) is 0. The van der Waals surface area contributed by atoms with Crippen LogP contribution in [0.15, 0.2) is 36.4 Å². The van der Waals surface area contributed by atoms with Gasteiger partial charge in [0.25, 0.3) is 0 Å². The lowest BCUT2D eigenvalue weighted by molar-refractivity contribution is 0.355. The van der Waals surface area contributed by atoms with Crippen molar-refractivity contribution in [2.45, 2.75) is 13.3 Å². The van der Waals surface area contributed by atoms with Crippen LogP contribution in [0, 0.1) is 6.92 Å². The highest BCUT2D eigenvalue weighted by atomic mass is 16.5. The van der Waals surface area contributed by atoms with Gasteiger partial charge in [0.1, 0.15) is 0 Å². The minimum atomic E-state index is 0.614. The van der Waals surface area contributed by atoms with Crippen molar-refractivity contribution in [1.82, 2.24) is 0 Å². The van der Waals surface area contributed by atoms with Gasteiger partial charge in [-0.1, -0.05) is 24.3 Å². The molecule has 0 aromatic heterocycles. The van der Waals surface area contributed by atoms with Crippen LogP contribution in [-0.2, 0) is 6.42 Å². The Morgan fingerprint density at radius 1 is 1.00 bits per heavy atom. The predicted molar refractivity (Wildman–Crippen MR) is 82.5 cm³/mol. The van der Waals surface area contributed by atoms with Crippen molar-refractivity contribution in [3.05, 3.63) is 47.5 Å². The monoisotopic (exact) mass is 271 g/mol. The first-order valence-corrected chi connectivity index (χ1v) is 6.72. The molecule has 0 radical (unpaired) electrons. The van der Waals surface area contributed by atoms with Crippen LogP contribution in [0.2, 0.25) is 0 Å². The summed E-state index contributed by atoms with van der Waals surface area (Å²) in [5, 5.41) is 0. The Morgan fingerprint density at radius 3 is 2.35 bits per heavy atom. The second kappa shape index (κ2) is 6.44. The molecule has 2 aromatic carbocycles. The van der Waals surface area contributed by atoms with E-state index in [1.54, 1.807) is 14.2 Å². The standard InChI is InChI=1S/C17H21NO2/c1-12-6-4-5-7-14(12)15-10-13(8-9-18)11-16(19-2)17(15)20-3/h4-7,10-11H,8-9,18H2,1-3H3. The highest BCUT2D eigenvalue weighted by Gasteiger charge is 2.15. The first-order chi connectivity index (χ1) is 9.71. The zero-order valence-corrected chi connectivity index (χ0v) is 12.3. The van der Waals surface area contributed by atoms with E-state index in [4.69, 9.17) is 15.2 Å². The number of benzene rings is 2. The summed E-state index contributed by atoms with van der Waals surface area (Å²) in [6.45, 7) is 2.71. The van der Waals surface area contributed by atoms with Crippen LogP contribution in [0.1, 0.15) is 11.1 Å². The van der Waals surface area contributed by atoms with Gasteiger partial charge in [0.2, 0.25) is 0 Å². The van der Waals surface area contributed by atoms with E-state index in [1.165, 1.54) is 5.56 Å². The zero-order chi connectivity index (χ0) is 14.5. The van der Waals surface area contributed by atoms with E-state index in [0.29, 0.717) is 6.54 Å². The molecule has 20 heavy (non-hydrogen) atoms. The molecule has 0 aliphatic heterocycles. The van der Waals surface area contributed by atoms with E-state index in [0.717, 1.165) is 34.6 Å². The lowest BCUT2D eigenvalue weighted by Gasteiger charge is -2.16. The van der Waals surface area contributed by atoms with Crippen LogP contribution < -0.4 is 15.2 Å². The number of hydrogen-bond donors (Lipinski definition) is 1. The summed E-state index contributed by atoms with van der Waals surface area (Å²) in [7, 11) is 3.33. The summed E-state index contributed by atoms with van der Waals surface area (Å²) < 4.78 is 11.0. The smallest absolute Gasteiger partial charge is 0.168 e. The summed E-state index contributed by atoms with van der Waals surface area (Å²) in [6, 6.07) is 12.4. The molecular weight excluding hydrogens is 250 g/mol. The fourth-order valence-electron chi connectivity index (χ4n) is 2.41. The van der Waals surface area contributed by atoms with E-state index in [-0.39, 0.29) is 0 Å². The van der Waals surface area contributed by atoms with Gasteiger partial charge in [0.15, 0.2) is 11.5 Å². The molecular formula is C17H21NO2. The molecule has 0 fully saturated rings. The van der Waals surface area contributed by atoms with E-state index < -0.39 is 0 Å². The molecule has 2 aromatic rings. The highest BCUT2D eigenvalue weighted by Crippen LogP contribution is 2.40. The van der Waals surface area contributed by atoms with Gasteiger partial charge < -0.3 is 15.2 Å². The summed E-state index contributed by atoms with van der Waals surface area (Å²) in [5.74, 6) is 1.51. The molecule has 3 nitrogen and oxygen atoms in total. The van der Waals surface area contributed by atoms with Gasteiger partial charge in [0, 0.05) is 5.56 Å². The van der Waals surface area contributed by atoms with Gasteiger partial charge in [0.05, 0.1) is 14.2 Å². The molecule has 0 saturated carbocycles. The quantitative estimate of drug-likeness (QED) is 0.908. The normalized spacial score (nSPS) is 10.4. The molecule has 0 unspecified atom stereocenters. The fraction of sp³-hybridized carbons (Fsp3) is 0.294. The lowest BCUT2D eigenvalue weighted by atomic mass is 9.96. The van der Waals surface area contributed by atoms with Gasteiger partial charge in [-0.05, 0) is 48.7 Å². The van der Waals surface area contributed by atoms with Gasteiger partial charge in [-0.3, -0.25) is 0 Å². The Kier molecular flexibility index (Phi) is 4.64. The van der Waals surface area contributed by atoms with Crippen molar-refractivity contribution >= 4 is 0 Å². The molecule has 0 aliphatic rings. The van der Waals surface area contributed by atoms with Crippen molar-refractivity contribution < 1.29 is 9.47 Å². The van der Waals surface area contributed by atoms with Crippen molar-refractivity contribution in [2.24, 2.45) is 5.73 Å². The number of nitrogens with two attached hydrogens (primary N) is 1. The molecule has 3 heteroatoms. The summed E-state index contributed by atoms with van der Waals surface area (Å²) in [6.07, 6.45) is 0.819. The lowest BCUT2D eigenvalue weighted by Crippen LogP contribution is -2.04. The minimum Gasteiger partial charge on any atom is -0.493 e. The molecule has 0 heterocycles. The van der Waals surface area contributed by atoms with E-state index >= 15 is 0 Å². The van der Waals surface area contributed by atoms with Gasteiger partial charge in [-0.25, -0.2) is 0 Å².